The van der Waals surface area contributed by atoms with Gasteiger partial charge >= 0.3 is 0 Å². The minimum atomic E-state index is 0.379. The number of hydrogen-bond acceptors (Lipinski definition) is 2. The second-order valence-corrected chi connectivity index (χ2v) is 5.75. The molecule has 2 heterocycles. The van der Waals surface area contributed by atoms with Gasteiger partial charge in [-0.1, -0.05) is 13.3 Å². The van der Waals surface area contributed by atoms with Gasteiger partial charge in [0.2, 0.25) is 5.91 Å². The standard InChI is InChI=1S/C14H26N2O/c1-12-7-10-16(11-8-12)14(17)6-5-13-4-2-3-9-15-13/h12-13,15H,2-11H2,1H3. The molecule has 1 amide bonds. The quantitative estimate of drug-likeness (QED) is 0.817. The smallest absolute Gasteiger partial charge is 0.222 e. The minimum Gasteiger partial charge on any atom is -0.343 e. The molecule has 2 aliphatic heterocycles. The van der Waals surface area contributed by atoms with Crippen LogP contribution in [0.15, 0.2) is 0 Å². The highest BCUT2D eigenvalue weighted by Crippen LogP contribution is 2.18. The molecule has 2 saturated heterocycles. The third kappa shape index (κ3) is 3.98. The zero-order valence-electron chi connectivity index (χ0n) is 11.1. The molecule has 0 aromatic rings. The number of nitrogens with one attached hydrogen (secondary N) is 1. The fourth-order valence-corrected chi connectivity index (χ4v) is 2.88. The third-order valence-electron chi connectivity index (χ3n) is 4.26. The SMILES string of the molecule is CC1CCN(C(=O)CCC2CCCCN2)CC1. The fraction of sp³-hybridized carbons (Fsp3) is 0.929. The fourth-order valence-electron chi connectivity index (χ4n) is 2.88. The summed E-state index contributed by atoms with van der Waals surface area (Å²) in [5.41, 5.74) is 0. The van der Waals surface area contributed by atoms with Crippen LogP contribution in [0.2, 0.25) is 0 Å². The van der Waals surface area contributed by atoms with Crippen molar-refractivity contribution in [3.8, 4) is 0 Å². The molecule has 2 fully saturated rings. The van der Waals surface area contributed by atoms with Gasteiger partial charge in [0.15, 0.2) is 0 Å². The highest BCUT2D eigenvalue weighted by Gasteiger charge is 2.21. The van der Waals surface area contributed by atoms with Crippen molar-refractivity contribution in [3.05, 3.63) is 0 Å². The topological polar surface area (TPSA) is 32.3 Å². The molecular formula is C14H26N2O. The van der Waals surface area contributed by atoms with Gasteiger partial charge in [-0.2, -0.15) is 0 Å². The molecule has 17 heavy (non-hydrogen) atoms. The molecule has 2 rings (SSSR count). The molecule has 1 unspecified atom stereocenters. The van der Waals surface area contributed by atoms with Gasteiger partial charge in [-0.15, -0.1) is 0 Å². The number of rotatable bonds is 3. The van der Waals surface area contributed by atoms with E-state index in [0.29, 0.717) is 11.9 Å². The molecule has 0 bridgehead atoms. The normalized spacial score (nSPS) is 27.1. The molecule has 1 N–H and O–H groups in total. The molecule has 3 nitrogen and oxygen atoms in total. The summed E-state index contributed by atoms with van der Waals surface area (Å²) < 4.78 is 0. The van der Waals surface area contributed by atoms with Crippen molar-refractivity contribution in [1.29, 1.82) is 0 Å². The Balaban J connectivity index is 1.66. The average molecular weight is 238 g/mol. The highest BCUT2D eigenvalue weighted by atomic mass is 16.2. The summed E-state index contributed by atoms with van der Waals surface area (Å²) in [7, 11) is 0. The van der Waals surface area contributed by atoms with Gasteiger partial charge in [-0.3, -0.25) is 4.79 Å². The molecule has 0 aromatic heterocycles. The van der Waals surface area contributed by atoms with Crippen LogP contribution >= 0.6 is 0 Å². The average Bonchev–Trinajstić information content (AvgIpc) is 2.38. The van der Waals surface area contributed by atoms with Crippen molar-refractivity contribution >= 4 is 5.91 Å². The van der Waals surface area contributed by atoms with Gasteiger partial charge in [0, 0.05) is 25.6 Å². The maximum absolute atomic E-state index is 12.0. The first-order chi connectivity index (χ1) is 8.25. The Morgan fingerprint density at radius 1 is 1.24 bits per heavy atom. The molecular weight excluding hydrogens is 212 g/mol. The Labute approximate surface area is 105 Å². The number of piperidine rings is 2. The van der Waals surface area contributed by atoms with E-state index in [2.05, 4.69) is 17.1 Å². The van der Waals surface area contributed by atoms with Gasteiger partial charge in [-0.05, 0) is 44.6 Å². The molecule has 0 saturated carbocycles. The first-order valence-corrected chi connectivity index (χ1v) is 7.27. The highest BCUT2D eigenvalue weighted by molar-refractivity contribution is 5.76. The second kappa shape index (κ2) is 6.39. The van der Waals surface area contributed by atoms with Crippen LogP contribution in [0.5, 0.6) is 0 Å². The lowest BCUT2D eigenvalue weighted by atomic mass is 9.97. The van der Waals surface area contributed by atoms with Crippen LogP contribution in [0.1, 0.15) is 51.9 Å². The molecule has 98 valence electrons. The Bertz CT molecular complexity index is 241. The lowest BCUT2D eigenvalue weighted by Gasteiger charge is -2.31. The summed E-state index contributed by atoms with van der Waals surface area (Å²) in [6, 6.07) is 0.594. The number of carbonyl (C=O) groups is 1. The van der Waals surface area contributed by atoms with E-state index < -0.39 is 0 Å². The second-order valence-electron chi connectivity index (χ2n) is 5.75. The number of carbonyl (C=O) groups excluding carboxylic acids is 1. The largest absolute Gasteiger partial charge is 0.343 e. The molecule has 3 heteroatoms. The Morgan fingerprint density at radius 3 is 2.65 bits per heavy atom. The van der Waals surface area contributed by atoms with Crippen LogP contribution in [0, 0.1) is 5.92 Å². The van der Waals surface area contributed by atoms with Gasteiger partial charge in [0.25, 0.3) is 0 Å². The zero-order chi connectivity index (χ0) is 12.1. The van der Waals surface area contributed by atoms with Crippen LogP contribution in [0.25, 0.3) is 0 Å². The van der Waals surface area contributed by atoms with Crippen molar-refractivity contribution in [2.24, 2.45) is 5.92 Å². The molecule has 1 atom stereocenters. The summed E-state index contributed by atoms with van der Waals surface area (Å²) in [4.78, 5) is 14.1. The van der Waals surface area contributed by atoms with Crippen molar-refractivity contribution in [2.75, 3.05) is 19.6 Å². The van der Waals surface area contributed by atoms with Crippen molar-refractivity contribution in [3.63, 3.8) is 0 Å². The maximum Gasteiger partial charge on any atom is 0.222 e. The number of nitrogens with zero attached hydrogens (tertiary/aromatic N) is 1. The van der Waals surface area contributed by atoms with E-state index in [0.717, 1.165) is 38.4 Å². The van der Waals surface area contributed by atoms with E-state index in [-0.39, 0.29) is 0 Å². The summed E-state index contributed by atoms with van der Waals surface area (Å²) in [6.45, 7) is 5.39. The summed E-state index contributed by atoms with van der Waals surface area (Å²) in [5, 5.41) is 3.51. The summed E-state index contributed by atoms with van der Waals surface area (Å²) in [5.74, 6) is 1.18. The lowest BCUT2D eigenvalue weighted by molar-refractivity contribution is -0.132. The molecule has 0 aromatic carbocycles. The van der Waals surface area contributed by atoms with Gasteiger partial charge < -0.3 is 10.2 Å². The predicted octanol–water partition coefficient (Wildman–Crippen LogP) is 2.17. The number of amides is 1. The molecule has 2 aliphatic rings. The van der Waals surface area contributed by atoms with E-state index >= 15 is 0 Å². The predicted molar refractivity (Wildman–Crippen MR) is 69.9 cm³/mol. The van der Waals surface area contributed by atoms with E-state index in [9.17, 15) is 4.79 Å². The van der Waals surface area contributed by atoms with Crippen LogP contribution < -0.4 is 5.32 Å². The molecule has 0 radical (unpaired) electrons. The summed E-state index contributed by atoms with van der Waals surface area (Å²) >= 11 is 0. The van der Waals surface area contributed by atoms with Crippen LogP contribution in [0.4, 0.5) is 0 Å². The lowest BCUT2D eigenvalue weighted by Crippen LogP contribution is -2.39. The van der Waals surface area contributed by atoms with Crippen molar-refractivity contribution in [1.82, 2.24) is 10.2 Å². The van der Waals surface area contributed by atoms with Crippen LogP contribution in [0.3, 0.4) is 0 Å². The van der Waals surface area contributed by atoms with E-state index in [1.807, 2.05) is 0 Å². The summed E-state index contributed by atoms with van der Waals surface area (Å²) in [6.07, 6.45) is 8.03. The maximum atomic E-state index is 12.0. The van der Waals surface area contributed by atoms with E-state index in [1.54, 1.807) is 0 Å². The first kappa shape index (κ1) is 12.9. The Hall–Kier alpha value is -0.570. The molecule has 0 spiro atoms. The van der Waals surface area contributed by atoms with E-state index in [4.69, 9.17) is 0 Å². The Kier molecular flexibility index (Phi) is 4.84. The number of likely N-dealkylation sites (tertiary alicyclic amines) is 1. The third-order valence-corrected chi connectivity index (χ3v) is 4.26. The van der Waals surface area contributed by atoms with Crippen LogP contribution in [-0.2, 0) is 4.79 Å². The molecule has 0 aliphatic carbocycles. The van der Waals surface area contributed by atoms with Gasteiger partial charge in [-0.25, -0.2) is 0 Å². The number of hydrogen-bond donors (Lipinski definition) is 1. The zero-order valence-corrected chi connectivity index (χ0v) is 11.1. The first-order valence-electron chi connectivity index (χ1n) is 7.27. The van der Waals surface area contributed by atoms with Gasteiger partial charge in [0.05, 0.1) is 0 Å². The minimum absolute atomic E-state index is 0.379. The Morgan fingerprint density at radius 2 is 2.00 bits per heavy atom. The van der Waals surface area contributed by atoms with Gasteiger partial charge in [0.1, 0.15) is 0 Å². The monoisotopic (exact) mass is 238 g/mol. The van der Waals surface area contributed by atoms with Crippen molar-refractivity contribution < 1.29 is 4.79 Å². The van der Waals surface area contributed by atoms with Crippen LogP contribution in [-0.4, -0.2) is 36.5 Å². The van der Waals surface area contributed by atoms with E-state index in [1.165, 1.54) is 32.1 Å². The van der Waals surface area contributed by atoms with Crippen molar-refractivity contribution in [2.45, 2.75) is 57.9 Å².